The van der Waals surface area contributed by atoms with E-state index in [9.17, 15) is 4.79 Å². The van der Waals surface area contributed by atoms with Crippen molar-refractivity contribution in [1.82, 2.24) is 4.90 Å². The molecule has 2 heteroatoms. The molecule has 1 saturated heterocycles. The van der Waals surface area contributed by atoms with Crippen molar-refractivity contribution < 1.29 is 4.79 Å². The average molecular weight is 181 g/mol. The largest absolute Gasteiger partial charge is 0.296 e. The van der Waals surface area contributed by atoms with Crippen molar-refractivity contribution in [3.63, 3.8) is 0 Å². The van der Waals surface area contributed by atoms with Crippen LogP contribution in [0.15, 0.2) is 12.7 Å². The Balaban J connectivity index is 2.71. The zero-order valence-electron chi connectivity index (χ0n) is 8.84. The second kappa shape index (κ2) is 3.62. The predicted molar refractivity (Wildman–Crippen MR) is 54.6 cm³/mol. The topological polar surface area (TPSA) is 20.3 Å². The Morgan fingerprint density at radius 3 is 2.77 bits per heavy atom. The van der Waals surface area contributed by atoms with Crippen LogP contribution in [0.3, 0.4) is 0 Å². The van der Waals surface area contributed by atoms with Gasteiger partial charge in [0.2, 0.25) is 0 Å². The SMILES string of the molecule is C=CC(=O)C1CC(C)(C)CCN1C. The van der Waals surface area contributed by atoms with Crippen molar-refractivity contribution in [3.05, 3.63) is 12.7 Å². The molecule has 0 saturated carbocycles. The van der Waals surface area contributed by atoms with Crippen LogP contribution in [0.5, 0.6) is 0 Å². The maximum absolute atomic E-state index is 11.5. The Kier molecular flexibility index (Phi) is 2.91. The lowest BCUT2D eigenvalue weighted by atomic mass is 9.78. The molecule has 1 aliphatic heterocycles. The molecule has 74 valence electrons. The summed E-state index contributed by atoms with van der Waals surface area (Å²) in [6.45, 7) is 9.00. The fourth-order valence-corrected chi connectivity index (χ4v) is 1.87. The van der Waals surface area contributed by atoms with Gasteiger partial charge in [-0.25, -0.2) is 0 Å². The first-order valence-electron chi connectivity index (χ1n) is 4.83. The maximum Gasteiger partial charge on any atom is 0.172 e. The number of carbonyl (C=O) groups excluding carboxylic acids is 1. The minimum Gasteiger partial charge on any atom is -0.296 e. The molecule has 2 nitrogen and oxygen atoms in total. The zero-order chi connectivity index (χ0) is 10.1. The van der Waals surface area contributed by atoms with E-state index < -0.39 is 0 Å². The molecule has 0 aliphatic carbocycles. The Bertz CT molecular complexity index is 220. The highest BCUT2D eigenvalue weighted by Crippen LogP contribution is 2.33. The monoisotopic (exact) mass is 181 g/mol. The van der Waals surface area contributed by atoms with E-state index in [1.807, 2.05) is 7.05 Å². The van der Waals surface area contributed by atoms with Crippen molar-refractivity contribution in [1.29, 1.82) is 0 Å². The molecule has 0 bridgehead atoms. The van der Waals surface area contributed by atoms with Crippen molar-refractivity contribution in [3.8, 4) is 0 Å². The van der Waals surface area contributed by atoms with Gasteiger partial charge in [0.15, 0.2) is 5.78 Å². The molecule has 0 aromatic heterocycles. The lowest BCUT2D eigenvalue weighted by Crippen LogP contribution is -2.46. The van der Waals surface area contributed by atoms with Crippen molar-refractivity contribution in [2.45, 2.75) is 32.7 Å². The van der Waals surface area contributed by atoms with Gasteiger partial charge < -0.3 is 0 Å². The molecule has 0 N–H and O–H groups in total. The number of likely N-dealkylation sites (N-methyl/N-ethyl adjacent to an activating group) is 1. The van der Waals surface area contributed by atoms with Gasteiger partial charge in [0.05, 0.1) is 6.04 Å². The summed E-state index contributed by atoms with van der Waals surface area (Å²) in [4.78, 5) is 13.6. The van der Waals surface area contributed by atoms with Crippen molar-refractivity contribution >= 4 is 5.78 Å². The van der Waals surface area contributed by atoms with Gasteiger partial charge in [0, 0.05) is 0 Å². The molecule has 0 amide bonds. The number of ketones is 1. The predicted octanol–water partition coefficient (Wildman–Crippen LogP) is 1.86. The smallest absolute Gasteiger partial charge is 0.172 e. The number of likely N-dealkylation sites (tertiary alicyclic amines) is 1. The highest BCUT2D eigenvalue weighted by molar-refractivity contribution is 5.93. The quantitative estimate of drug-likeness (QED) is 0.606. The molecule has 1 heterocycles. The first-order chi connectivity index (χ1) is 5.96. The first-order valence-corrected chi connectivity index (χ1v) is 4.83. The van der Waals surface area contributed by atoms with E-state index >= 15 is 0 Å². The summed E-state index contributed by atoms with van der Waals surface area (Å²) in [7, 11) is 2.02. The minimum atomic E-state index is 0.0567. The van der Waals surface area contributed by atoms with Crippen LogP contribution in [0, 0.1) is 5.41 Å². The average Bonchev–Trinajstić information content (AvgIpc) is 2.08. The summed E-state index contributed by atoms with van der Waals surface area (Å²) in [6, 6.07) is 0.0567. The number of nitrogens with zero attached hydrogens (tertiary/aromatic N) is 1. The van der Waals surface area contributed by atoms with Gasteiger partial charge in [0.1, 0.15) is 0 Å². The van der Waals surface area contributed by atoms with E-state index in [2.05, 4.69) is 25.3 Å². The molecule has 1 fully saturated rings. The Hall–Kier alpha value is -0.630. The van der Waals surface area contributed by atoms with Crippen LogP contribution < -0.4 is 0 Å². The Morgan fingerprint density at radius 2 is 2.23 bits per heavy atom. The number of piperidine rings is 1. The van der Waals surface area contributed by atoms with E-state index in [0.717, 1.165) is 13.0 Å². The van der Waals surface area contributed by atoms with Crippen LogP contribution in [-0.4, -0.2) is 30.3 Å². The van der Waals surface area contributed by atoms with Gasteiger partial charge in [-0.3, -0.25) is 9.69 Å². The van der Waals surface area contributed by atoms with Gasteiger partial charge >= 0.3 is 0 Å². The zero-order valence-corrected chi connectivity index (χ0v) is 8.84. The van der Waals surface area contributed by atoms with E-state index in [4.69, 9.17) is 0 Å². The summed E-state index contributed by atoms with van der Waals surface area (Å²) in [6.07, 6.45) is 3.57. The van der Waals surface area contributed by atoms with E-state index in [0.29, 0.717) is 5.41 Å². The molecule has 0 aromatic rings. The minimum absolute atomic E-state index is 0.0567. The molecule has 1 unspecified atom stereocenters. The van der Waals surface area contributed by atoms with Gasteiger partial charge in [-0.05, 0) is 37.9 Å². The van der Waals surface area contributed by atoms with Crippen molar-refractivity contribution in [2.24, 2.45) is 5.41 Å². The highest BCUT2D eigenvalue weighted by atomic mass is 16.1. The normalized spacial score (nSPS) is 28.4. The van der Waals surface area contributed by atoms with Crippen LogP contribution in [-0.2, 0) is 4.79 Å². The second-order valence-corrected chi connectivity index (χ2v) is 4.72. The number of hydrogen-bond donors (Lipinski definition) is 0. The number of rotatable bonds is 2. The summed E-state index contributed by atoms with van der Waals surface area (Å²) >= 11 is 0. The molecule has 1 aliphatic rings. The van der Waals surface area contributed by atoms with Crippen LogP contribution in [0.25, 0.3) is 0 Å². The molecule has 1 atom stereocenters. The van der Waals surface area contributed by atoms with Crippen LogP contribution in [0.4, 0.5) is 0 Å². The van der Waals surface area contributed by atoms with Gasteiger partial charge in [0.25, 0.3) is 0 Å². The van der Waals surface area contributed by atoms with Crippen molar-refractivity contribution in [2.75, 3.05) is 13.6 Å². The molecular formula is C11H19NO. The summed E-state index contributed by atoms with van der Waals surface area (Å²) in [5.41, 5.74) is 0.301. The Morgan fingerprint density at radius 1 is 1.62 bits per heavy atom. The van der Waals surface area contributed by atoms with E-state index in [-0.39, 0.29) is 11.8 Å². The van der Waals surface area contributed by atoms with E-state index in [1.54, 1.807) is 0 Å². The van der Waals surface area contributed by atoms with Gasteiger partial charge in [-0.1, -0.05) is 20.4 Å². The molecule has 1 rings (SSSR count). The number of carbonyl (C=O) groups is 1. The van der Waals surface area contributed by atoms with Gasteiger partial charge in [-0.15, -0.1) is 0 Å². The highest BCUT2D eigenvalue weighted by Gasteiger charge is 2.33. The third-order valence-electron chi connectivity index (χ3n) is 2.95. The lowest BCUT2D eigenvalue weighted by molar-refractivity contribution is -0.121. The van der Waals surface area contributed by atoms with Crippen LogP contribution in [0.1, 0.15) is 26.7 Å². The molecular weight excluding hydrogens is 162 g/mol. The maximum atomic E-state index is 11.5. The molecule has 0 aromatic carbocycles. The van der Waals surface area contributed by atoms with Crippen LogP contribution >= 0.6 is 0 Å². The third-order valence-corrected chi connectivity index (χ3v) is 2.95. The fraction of sp³-hybridized carbons (Fsp3) is 0.727. The number of hydrogen-bond acceptors (Lipinski definition) is 2. The van der Waals surface area contributed by atoms with E-state index in [1.165, 1.54) is 12.5 Å². The third kappa shape index (κ3) is 2.41. The first kappa shape index (κ1) is 10.5. The van der Waals surface area contributed by atoms with Gasteiger partial charge in [-0.2, -0.15) is 0 Å². The summed E-state index contributed by atoms with van der Waals surface area (Å²) in [5.74, 6) is 0.162. The Labute approximate surface area is 80.6 Å². The van der Waals surface area contributed by atoms with Crippen LogP contribution in [0.2, 0.25) is 0 Å². The second-order valence-electron chi connectivity index (χ2n) is 4.72. The summed E-state index contributed by atoms with van der Waals surface area (Å²) < 4.78 is 0. The molecule has 13 heavy (non-hydrogen) atoms. The standard InChI is InChI=1S/C11H19NO/c1-5-10(13)9-8-11(2,3)6-7-12(9)4/h5,9H,1,6-8H2,2-4H3. The molecule has 0 radical (unpaired) electrons. The summed E-state index contributed by atoms with van der Waals surface area (Å²) in [5, 5.41) is 0. The fourth-order valence-electron chi connectivity index (χ4n) is 1.87. The molecule has 0 spiro atoms. The lowest BCUT2D eigenvalue weighted by Gasteiger charge is -2.40.